The van der Waals surface area contributed by atoms with Crippen molar-refractivity contribution in [2.75, 3.05) is 13.2 Å². The van der Waals surface area contributed by atoms with E-state index < -0.39 is 0 Å². The minimum Gasteiger partial charge on any atom is -0.489 e. The van der Waals surface area contributed by atoms with E-state index in [4.69, 9.17) is 9.47 Å². The van der Waals surface area contributed by atoms with E-state index in [0.717, 1.165) is 55.3 Å². The Kier molecular flexibility index (Phi) is 6.78. The van der Waals surface area contributed by atoms with Crippen molar-refractivity contribution in [2.45, 2.75) is 39.5 Å². The van der Waals surface area contributed by atoms with E-state index in [1.165, 1.54) is 0 Å². The Labute approximate surface area is 108 Å². The van der Waals surface area contributed by atoms with Crippen molar-refractivity contribution in [1.29, 1.82) is 0 Å². The van der Waals surface area contributed by atoms with Crippen LogP contribution in [0.25, 0.3) is 6.08 Å². The van der Waals surface area contributed by atoms with Crippen LogP contribution in [0.5, 0.6) is 11.5 Å². The lowest BCUT2D eigenvalue weighted by Gasteiger charge is -2.09. The van der Waals surface area contributed by atoms with E-state index in [0.29, 0.717) is 0 Å². The summed E-state index contributed by atoms with van der Waals surface area (Å²) in [6, 6.07) is 0. The molecule has 17 heavy (non-hydrogen) atoms. The molecule has 0 spiro atoms. The SMILES string of the molecule is C=Cc1scc(OCCCC)c1OCCCC. The standard InChI is InChI=1S/C14H22O2S/c1-4-7-9-15-12-11-17-13(6-3)14(12)16-10-8-5-2/h6,11H,3-5,7-10H2,1-2H3. The van der Waals surface area contributed by atoms with Gasteiger partial charge in [-0.15, -0.1) is 11.3 Å². The molecule has 1 aromatic heterocycles. The third-order valence-electron chi connectivity index (χ3n) is 2.43. The zero-order valence-electron chi connectivity index (χ0n) is 10.8. The fourth-order valence-electron chi connectivity index (χ4n) is 1.37. The maximum Gasteiger partial charge on any atom is 0.179 e. The quantitative estimate of drug-likeness (QED) is 0.592. The number of ether oxygens (including phenoxy) is 2. The van der Waals surface area contributed by atoms with Gasteiger partial charge in [0.2, 0.25) is 0 Å². The van der Waals surface area contributed by atoms with Crippen molar-refractivity contribution in [2.24, 2.45) is 0 Å². The van der Waals surface area contributed by atoms with Gasteiger partial charge in [0.15, 0.2) is 11.5 Å². The first-order chi connectivity index (χ1) is 8.33. The summed E-state index contributed by atoms with van der Waals surface area (Å²) >= 11 is 1.62. The molecule has 1 rings (SSSR count). The minimum atomic E-state index is 0.748. The van der Waals surface area contributed by atoms with Crippen molar-refractivity contribution in [1.82, 2.24) is 0 Å². The van der Waals surface area contributed by atoms with Crippen molar-refractivity contribution in [3.05, 3.63) is 16.8 Å². The molecule has 0 saturated heterocycles. The highest BCUT2D eigenvalue weighted by atomic mass is 32.1. The highest BCUT2D eigenvalue weighted by Crippen LogP contribution is 2.38. The summed E-state index contributed by atoms with van der Waals surface area (Å²) in [5, 5.41) is 2.01. The van der Waals surface area contributed by atoms with E-state index in [2.05, 4.69) is 20.4 Å². The number of rotatable bonds is 9. The molecule has 0 aliphatic carbocycles. The summed E-state index contributed by atoms with van der Waals surface area (Å²) < 4.78 is 11.5. The van der Waals surface area contributed by atoms with Crippen molar-refractivity contribution in [3.8, 4) is 11.5 Å². The Balaban J connectivity index is 2.61. The zero-order chi connectivity index (χ0) is 12.5. The van der Waals surface area contributed by atoms with Gasteiger partial charge in [0.05, 0.1) is 18.1 Å². The molecule has 0 bridgehead atoms. The molecule has 1 aromatic rings. The minimum absolute atomic E-state index is 0.748. The number of hydrogen-bond acceptors (Lipinski definition) is 3. The molecular weight excluding hydrogens is 232 g/mol. The van der Waals surface area contributed by atoms with Gasteiger partial charge in [-0.2, -0.15) is 0 Å². The maximum atomic E-state index is 5.78. The first kappa shape index (κ1) is 14.1. The van der Waals surface area contributed by atoms with Gasteiger partial charge in [0.1, 0.15) is 0 Å². The normalized spacial score (nSPS) is 10.2. The van der Waals surface area contributed by atoms with Crippen LogP contribution < -0.4 is 9.47 Å². The molecule has 0 unspecified atom stereocenters. The van der Waals surface area contributed by atoms with Crippen molar-refractivity contribution < 1.29 is 9.47 Å². The van der Waals surface area contributed by atoms with Crippen LogP contribution in [0.2, 0.25) is 0 Å². The van der Waals surface area contributed by atoms with Crippen LogP contribution in [-0.4, -0.2) is 13.2 Å². The maximum absolute atomic E-state index is 5.78. The highest BCUT2D eigenvalue weighted by molar-refractivity contribution is 7.11. The Bertz CT molecular complexity index is 331. The smallest absolute Gasteiger partial charge is 0.179 e. The molecule has 3 heteroatoms. The van der Waals surface area contributed by atoms with Crippen LogP contribution in [0, 0.1) is 0 Å². The van der Waals surface area contributed by atoms with Gasteiger partial charge >= 0.3 is 0 Å². The molecule has 0 fully saturated rings. The van der Waals surface area contributed by atoms with E-state index >= 15 is 0 Å². The average molecular weight is 254 g/mol. The van der Waals surface area contributed by atoms with Gasteiger partial charge in [-0.1, -0.05) is 33.3 Å². The lowest BCUT2D eigenvalue weighted by Crippen LogP contribution is -2.01. The van der Waals surface area contributed by atoms with Crippen LogP contribution in [0.4, 0.5) is 0 Å². The molecule has 0 amide bonds. The van der Waals surface area contributed by atoms with Crippen LogP contribution >= 0.6 is 11.3 Å². The molecule has 0 aliphatic rings. The average Bonchev–Trinajstić information content (AvgIpc) is 2.73. The van der Waals surface area contributed by atoms with E-state index in [1.54, 1.807) is 11.3 Å². The monoisotopic (exact) mass is 254 g/mol. The van der Waals surface area contributed by atoms with E-state index in [-0.39, 0.29) is 0 Å². The third-order valence-corrected chi connectivity index (χ3v) is 3.36. The van der Waals surface area contributed by atoms with E-state index in [9.17, 15) is 0 Å². The molecule has 0 N–H and O–H groups in total. The fraction of sp³-hybridized carbons (Fsp3) is 0.571. The molecule has 0 atom stereocenters. The second kappa shape index (κ2) is 8.18. The van der Waals surface area contributed by atoms with Gasteiger partial charge in [-0.05, 0) is 18.9 Å². The van der Waals surface area contributed by atoms with Crippen LogP contribution in [0.3, 0.4) is 0 Å². The predicted molar refractivity (Wildman–Crippen MR) is 75.2 cm³/mol. The summed E-state index contributed by atoms with van der Waals surface area (Å²) in [6.07, 6.45) is 6.26. The predicted octanol–water partition coefficient (Wildman–Crippen LogP) is 4.75. The lowest BCUT2D eigenvalue weighted by atomic mass is 10.3. The lowest BCUT2D eigenvalue weighted by molar-refractivity contribution is 0.264. The Hall–Kier alpha value is -0.960. The molecular formula is C14H22O2S. The zero-order valence-corrected chi connectivity index (χ0v) is 11.6. The number of thiophene rings is 1. The van der Waals surface area contributed by atoms with Gasteiger partial charge in [-0.3, -0.25) is 0 Å². The van der Waals surface area contributed by atoms with Gasteiger partial charge < -0.3 is 9.47 Å². The number of hydrogen-bond donors (Lipinski definition) is 0. The molecule has 0 aromatic carbocycles. The van der Waals surface area contributed by atoms with Crippen LogP contribution in [0.1, 0.15) is 44.4 Å². The second-order valence-electron chi connectivity index (χ2n) is 3.90. The molecule has 96 valence electrons. The van der Waals surface area contributed by atoms with Crippen molar-refractivity contribution in [3.63, 3.8) is 0 Å². The first-order valence-corrected chi connectivity index (χ1v) is 7.20. The second-order valence-corrected chi connectivity index (χ2v) is 4.81. The molecule has 1 heterocycles. The molecule has 0 aliphatic heterocycles. The van der Waals surface area contributed by atoms with Crippen LogP contribution in [0.15, 0.2) is 12.0 Å². The molecule has 0 radical (unpaired) electrons. The third kappa shape index (κ3) is 4.43. The summed E-state index contributed by atoms with van der Waals surface area (Å²) in [6.45, 7) is 9.62. The topological polar surface area (TPSA) is 18.5 Å². The molecule has 0 saturated carbocycles. The largest absolute Gasteiger partial charge is 0.489 e. The van der Waals surface area contributed by atoms with Crippen LogP contribution in [-0.2, 0) is 0 Å². The fourth-order valence-corrected chi connectivity index (χ4v) is 2.14. The Morgan fingerprint density at radius 1 is 1.18 bits per heavy atom. The summed E-state index contributed by atoms with van der Waals surface area (Å²) in [5.41, 5.74) is 0. The Morgan fingerprint density at radius 2 is 1.82 bits per heavy atom. The summed E-state index contributed by atoms with van der Waals surface area (Å²) in [5.74, 6) is 1.74. The molecule has 2 nitrogen and oxygen atoms in total. The van der Waals surface area contributed by atoms with Crippen molar-refractivity contribution >= 4 is 17.4 Å². The summed E-state index contributed by atoms with van der Waals surface area (Å²) in [4.78, 5) is 1.06. The summed E-state index contributed by atoms with van der Waals surface area (Å²) in [7, 11) is 0. The van der Waals surface area contributed by atoms with Gasteiger partial charge in [0.25, 0.3) is 0 Å². The van der Waals surface area contributed by atoms with E-state index in [1.807, 2.05) is 11.5 Å². The van der Waals surface area contributed by atoms with Gasteiger partial charge in [0, 0.05) is 5.38 Å². The Morgan fingerprint density at radius 3 is 2.41 bits per heavy atom. The number of unbranched alkanes of at least 4 members (excludes halogenated alkanes) is 2. The first-order valence-electron chi connectivity index (χ1n) is 6.33. The highest BCUT2D eigenvalue weighted by Gasteiger charge is 2.12. The van der Waals surface area contributed by atoms with Gasteiger partial charge in [-0.25, -0.2) is 0 Å².